The largest absolute Gasteiger partial charge is 0.377 e. The highest BCUT2D eigenvalue weighted by atomic mass is 79.9. The van der Waals surface area contributed by atoms with E-state index in [0.717, 1.165) is 10.3 Å². The van der Waals surface area contributed by atoms with E-state index >= 15 is 0 Å². The minimum absolute atomic E-state index is 0.874. The summed E-state index contributed by atoms with van der Waals surface area (Å²) >= 11 is 3.24. The number of aliphatic imine (C=N–C) groups is 1. The van der Waals surface area contributed by atoms with Crippen molar-refractivity contribution < 1.29 is 0 Å². The van der Waals surface area contributed by atoms with Crippen LogP contribution >= 0.6 is 15.9 Å². The van der Waals surface area contributed by atoms with Crippen molar-refractivity contribution in [2.75, 3.05) is 7.05 Å². The molecule has 56 valence electrons. The standard InChI is InChI=1S/C7H11BrN2/c1-4-7(8)5-10-6(2)9-3/h4-5H,1H2,2-3H3,(H,9,10)/b7-5+. The lowest BCUT2D eigenvalue weighted by molar-refractivity contribution is 1.15. The van der Waals surface area contributed by atoms with Gasteiger partial charge in [0.2, 0.25) is 0 Å². The molecule has 0 fully saturated rings. The summed E-state index contributed by atoms with van der Waals surface area (Å²) in [6, 6.07) is 0. The maximum absolute atomic E-state index is 4.04. The van der Waals surface area contributed by atoms with Gasteiger partial charge in [-0.05, 0) is 22.9 Å². The number of nitrogens with one attached hydrogen (secondary N) is 1. The molecule has 0 spiro atoms. The summed E-state index contributed by atoms with van der Waals surface area (Å²) in [6.45, 7) is 5.45. The quantitative estimate of drug-likeness (QED) is 0.414. The molecule has 0 heterocycles. The predicted octanol–water partition coefficient (Wildman–Crippen LogP) is 2.05. The molecule has 0 bridgehead atoms. The summed E-state index contributed by atoms with van der Waals surface area (Å²) in [5.41, 5.74) is 0. The molecule has 1 N–H and O–H groups in total. The van der Waals surface area contributed by atoms with E-state index in [1.165, 1.54) is 0 Å². The number of rotatable bonds is 2. The molecule has 0 unspecified atom stereocenters. The summed E-state index contributed by atoms with van der Waals surface area (Å²) in [5, 5.41) is 2.89. The van der Waals surface area contributed by atoms with Crippen LogP contribution in [-0.4, -0.2) is 12.9 Å². The van der Waals surface area contributed by atoms with Gasteiger partial charge in [0.15, 0.2) is 0 Å². The fraction of sp³-hybridized carbons (Fsp3) is 0.286. The Kier molecular flexibility index (Phi) is 4.94. The molecule has 0 saturated carbocycles. The van der Waals surface area contributed by atoms with Crippen molar-refractivity contribution in [2.45, 2.75) is 6.92 Å². The van der Waals surface area contributed by atoms with Gasteiger partial charge >= 0.3 is 0 Å². The number of nitrogens with zero attached hydrogens (tertiary/aromatic N) is 1. The van der Waals surface area contributed by atoms with Crippen molar-refractivity contribution in [1.29, 1.82) is 0 Å². The molecule has 0 atom stereocenters. The lowest BCUT2D eigenvalue weighted by Crippen LogP contribution is -2.12. The van der Waals surface area contributed by atoms with E-state index in [4.69, 9.17) is 0 Å². The molecule has 0 aromatic carbocycles. The zero-order valence-corrected chi connectivity index (χ0v) is 7.77. The third-order valence-corrected chi connectivity index (χ3v) is 1.47. The van der Waals surface area contributed by atoms with Gasteiger partial charge in [0, 0.05) is 17.7 Å². The molecule has 2 nitrogen and oxygen atoms in total. The smallest absolute Gasteiger partial charge is 0.0981 e. The van der Waals surface area contributed by atoms with E-state index in [9.17, 15) is 0 Å². The molecule has 0 saturated heterocycles. The van der Waals surface area contributed by atoms with Crippen LogP contribution < -0.4 is 5.32 Å². The Morgan fingerprint density at radius 2 is 2.30 bits per heavy atom. The zero-order chi connectivity index (χ0) is 7.98. The van der Waals surface area contributed by atoms with Gasteiger partial charge in [0.1, 0.15) is 0 Å². The molecule has 0 aromatic rings. The summed E-state index contributed by atoms with van der Waals surface area (Å²) in [7, 11) is 1.83. The van der Waals surface area contributed by atoms with E-state index in [2.05, 4.69) is 32.8 Å². The molecule has 0 aliphatic heterocycles. The number of amidine groups is 1. The molecule has 3 heteroatoms. The summed E-state index contributed by atoms with van der Waals surface area (Å²) < 4.78 is 0.877. The van der Waals surface area contributed by atoms with Gasteiger partial charge in [-0.1, -0.05) is 12.7 Å². The Balaban J connectivity index is 4.03. The zero-order valence-electron chi connectivity index (χ0n) is 6.19. The van der Waals surface area contributed by atoms with E-state index in [1.807, 2.05) is 14.0 Å². The van der Waals surface area contributed by atoms with Crippen LogP contribution in [0.2, 0.25) is 0 Å². The normalized spacial score (nSPS) is 13.1. The van der Waals surface area contributed by atoms with Crippen molar-refractivity contribution in [1.82, 2.24) is 5.32 Å². The second-order valence-electron chi connectivity index (χ2n) is 1.68. The molecule has 0 aromatic heterocycles. The molecule has 0 aliphatic rings. The van der Waals surface area contributed by atoms with Crippen LogP contribution in [0.4, 0.5) is 0 Å². The Morgan fingerprint density at radius 1 is 1.70 bits per heavy atom. The maximum atomic E-state index is 4.04. The Morgan fingerprint density at radius 3 is 2.70 bits per heavy atom. The van der Waals surface area contributed by atoms with E-state index < -0.39 is 0 Å². The lowest BCUT2D eigenvalue weighted by Gasteiger charge is -1.92. The molecule has 10 heavy (non-hydrogen) atoms. The summed E-state index contributed by atoms with van der Waals surface area (Å²) in [6.07, 6.45) is 3.38. The number of allylic oxidation sites excluding steroid dienone is 2. The van der Waals surface area contributed by atoms with Gasteiger partial charge in [-0.15, -0.1) is 0 Å². The SMILES string of the molecule is C=C/C(Br)=C\N=C(/C)NC. The molecule has 0 aliphatic carbocycles. The van der Waals surface area contributed by atoms with Gasteiger partial charge in [0.05, 0.1) is 5.84 Å². The van der Waals surface area contributed by atoms with Gasteiger partial charge in [-0.25, -0.2) is 4.99 Å². The van der Waals surface area contributed by atoms with Crippen LogP contribution in [-0.2, 0) is 0 Å². The van der Waals surface area contributed by atoms with E-state index in [0.29, 0.717) is 0 Å². The topological polar surface area (TPSA) is 24.4 Å². The van der Waals surface area contributed by atoms with Crippen LogP contribution in [0.1, 0.15) is 6.92 Å². The number of hydrogen-bond acceptors (Lipinski definition) is 1. The highest BCUT2D eigenvalue weighted by Gasteiger charge is 1.80. The van der Waals surface area contributed by atoms with Crippen molar-refractivity contribution in [3.8, 4) is 0 Å². The Labute approximate surface area is 69.9 Å². The van der Waals surface area contributed by atoms with E-state index in [-0.39, 0.29) is 0 Å². The first-order chi connectivity index (χ1) is 4.70. The molecule has 0 radical (unpaired) electrons. The van der Waals surface area contributed by atoms with Crippen LogP contribution in [0.3, 0.4) is 0 Å². The monoisotopic (exact) mass is 202 g/mol. The maximum Gasteiger partial charge on any atom is 0.0981 e. The summed E-state index contributed by atoms with van der Waals surface area (Å²) in [5.74, 6) is 0.874. The minimum Gasteiger partial charge on any atom is -0.377 e. The fourth-order valence-electron chi connectivity index (χ4n) is 0.276. The molecule has 0 amide bonds. The van der Waals surface area contributed by atoms with Gasteiger partial charge in [-0.2, -0.15) is 0 Å². The second kappa shape index (κ2) is 5.23. The van der Waals surface area contributed by atoms with Gasteiger partial charge in [0.25, 0.3) is 0 Å². The van der Waals surface area contributed by atoms with Crippen molar-refractivity contribution in [3.63, 3.8) is 0 Å². The Hall–Kier alpha value is -0.570. The van der Waals surface area contributed by atoms with Crippen molar-refractivity contribution in [3.05, 3.63) is 23.3 Å². The van der Waals surface area contributed by atoms with E-state index in [1.54, 1.807) is 12.3 Å². The van der Waals surface area contributed by atoms with Crippen molar-refractivity contribution in [2.24, 2.45) is 4.99 Å². The first-order valence-corrected chi connectivity index (χ1v) is 3.70. The lowest BCUT2D eigenvalue weighted by atomic mass is 10.6. The van der Waals surface area contributed by atoms with Crippen LogP contribution in [0.25, 0.3) is 0 Å². The van der Waals surface area contributed by atoms with Crippen LogP contribution in [0, 0.1) is 0 Å². The third kappa shape index (κ3) is 4.32. The first kappa shape index (κ1) is 9.43. The van der Waals surface area contributed by atoms with Gasteiger partial charge < -0.3 is 5.32 Å². The highest BCUT2D eigenvalue weighted by Crippen LogP contribution is 2.04. The fourth-order valence-corrected chi connectivity index (χ4v) is 0.378. The average Bonchev–Trinajstić information content (AvgIpc) is 1.99. The highest BCUT2D eigenvalue weighted by molar-refractivity contribution is 9.11. The average molecular weight is 203 g/mol. The predicted molar refractivity (Wildman–Crippen MR) is 49.4 cm³/mol. The minimum atomic E-state index is 0.874. The number of halogens is 1. The van der Waals surface area contributed by atoms with Gasteiger partial charge in [-0.3, -0.25) is 0 Å². The molecular formula is C7H11BrN2. The number of hydrogen-bond donors (Lipinski definition) is 1. The molecule has 0 rings (SSSR count). The molecular weight excluding hydrogens is 192 g/mol. The second-order valence-corrected chi connectivity index (χ2v) is 2.60. The Bertz CT molecular complexity index is 170. The third-order valence-electron chi connectivity index (χ3n) is 0.938. The van der Waals surface area contributed by atoms with Crippen LogP contribution in [0.5, 0.6) is 0 Å². The summed E-state index contributed by atoms with van der Waals surface area (Å²) in [4.78, 5) is 4.04. The van der Waals surface area contributed by atoms with Crippen LogP contribution in [0.15, 0.2) is 28.3 Å². The van der Waals surface area contributed by atoms with Crippen molar-refractivity contribution >= 4 is 21.8 Å². The first-order valence-electron chi connectivity index (χ1n) is 2.91.